The molecule has 1 unspecified atom stereocenters. The molecule has 0 spiro atoms. The van der Waals surface area contributed by atoms with E-state index in [-0.39, 0.29) is 0 Å². The summed E-state index contributed by atoms with van der Waals surface area (Å²) in [7, 11) is 0. The van der Waals surface area contributed by atoms with Gasteiger partial charge in [0.15, 0.2) is 0 Å². The first kappa shape index (κ1) is 13.1. The first-order valence-electron chi connectivity index (χ1n) is 7.87. The second kappa shape index (κ2) is 6.06. The Bertz CT molecular complexity index is 409. The maximum absolute atomic E-state index is 3.46. The van der Waals surface area contributed by atoms with Gasteiger partial charge in [-0.05, 0) is 55.9 Å². The second-order valence-electron chi connectivity index (χ2n) is 6.15. The first-order valence-corrected chi connectivity index (χ1v) is 7.87. The molecule has 1 fully saturated rings. The van der Waals surface area contributed by atoms with E-state index in [9.17, 15) is 0 Å². The summed E-state index contributed by atoms with van der Waals surface area (Å²) in [6.07, 6.45) is 4.01. The minimum Gasteiger partial charge on any atom is -0.317 e. The van der Waals surface area contributed by atoms with Gasteiger partial charge in [0.05, 0.1) is 0 Å². The van der Waals surface area contributed by atoms with Crippen molar-refractivity contribution in [3.8, 4) is 0 Å². The molecule has 1 aliphatic heterocycles. The fourth-order valence-electron chi connectivity index (χ4n) is 3.60. The van der Waals surface area contributed by atoms with Crippen molar-refractivity contribution in [2.45, 2.75) is 32.1 Å². The summed E-state index contributed by atoms with van der Waals surface area (Å²) < 4.78 is 0. The van der Waals surface area contributed by atoms with E-state index in [2.05, 4.69) is 41.4 Å². The zero-order valence-electron chi connectivity index (χ0n) is 12.1. The summed E-state index contributed by atoms with van der Waals surface area (Å²) in [4.78, 5) is 2.68. The first-order chi connectivity index (χ1) is 9.36. The van der Waals surface area contributed by atoms with E-state index in [1.54, 1.807) is 11.1 Å². The Balaban J connectivity index is 1.53. The van der Waals surface area contributed by atoms with E-state index in [4.69, 9.17) is 0 Å². The zero-order valence-corrected chi connectivity index (χ0v) is 12.1. The van der Waals surface area contributed by atoms with E-state index < -0.39 is 0 Å². The van der Waals surface area contributed by atoms with Crippen LogP contribution < -0.4 is 5.32 Å². The van der Waals surface area contributed by atoms with Gasteiger partial charge in [0.1, 0.15) is 0 Å². The Morgan fingerprint density at radius 2 is 1.95 bits per heavy atom. The molecule has 1 aromatic carbocycles. The molecule has 1 heterocycles. The van der Waals surface area contributed by atoms with Crippen molar-refractivity contribution >= 4 is 0 Å². The van der Waals surface area contributed by atoms with Crippen LogP contribution in [0.5, 0.6) is 0 Å². The Kier molecular flexibility index (Phi) is 4.19. The Labute approximate surface area is 117 Å². The molecule has 0 aromatic heterocycles. The van der Waals surface area contributed by atoms with Crippen molar-refractivity contribution in [1.82, 2.24) is 10.2 Å². The summed E-state index contributed by atoms with van der Waals surface area (Å²) in [5.41, 5.74) is 3.18. The molecule has 2 heteroatoms. The second-order valence-corrected chi connectivity index (χ2v) is 6.15. The molecule has 1 aromatic rings. The van der Waals surface area contributed by atoms with Crippen molar-refractivity contribution in [2.24, 2.45) is 5.92 Å². The number of fused-ring (bicyclic) bond motifs is 1. The van der Waals surface area contributed by atoms with Crippen LogP contribution in [0.1, 0.15) is 36.8 Å². The molecular weight excluding hydrogens is 232 g/mol. The number of likely N-dealkylation sites (N-methyl/N-ethyl adjacent to an activating group) is 1. The molecule has 2 nitrogen and oxygen atoms in total. The predicted octanol–water partition coefficient (Wildman–Crippen LogP) is 2.65. The van der Waals surface area contributed by atoms with Gasteiger partial charge in [0.2, 0.25) is 0 Å². The Hall–Kier alpha value is -0.860. The fourth-order valence-corrected chi connectivity index (χ4v) is 3.60. The largest absolute Gasteiger partial charge is 0.317 e. The standard InChI is InChI=1S/C17H26N2/c1-2-19(12-14-7-9-18-10-8-14)13-16-11-15-5-3-4-6-17(15)16/h3-6,14,16,18H,2,7-13H2,1H3. The highest BCUT2D eigenvalue weighted by atomic mass is 15.1. The third kappa shape index (κ3) is 3.01. The van der Waals surface area contributed by atoms with Gasteiger partial charge in [-0.3, -0.25) is 0 Å². The molecule has 104 valence electrons. The molecule has 0 saturated carbocycles. The van der Waals surface area contributed by atoms with Crippen LogP contribution in [0.3, 0.4) is 0 Å². The number of hydrogen-bond acceptors (Lipinski definition) is 2. The van der Waals surface area contributed by atoms with Gasteiger partial charge in [0, 0.05) is 19.0 Å². The van der Waals surface area contributed by atoms with Crippen LogP contribution in [-0.4, -0.2) is 37.6 Å². The maximum Gasteiger partial charge on any atom is 0.00536 e. The lowest BCUT2D eigenvalue weighted by molar-refractivity contribution is 0.198. The number of benzene rings is 1. The quantitative estimate of drug-likeness (QED) is 0.873. The molecule has 1 aliphatic carbocycles. The summed E-state index contributed by atoms with van der Waals surface area (Å²) in [5.74, 6) is 1.70. The third-order valence-electron chi connectivity index (χ3n) is 4.86. The van der Waals surface area contributed by atoms with E-state index in [0.717, 1.165) is 11.8 Å². The van der Waals surface area contributed by atoms with Gasteiger partial charge in [-0.15, -0.1) is 0 Å². The molecule has 1 saturated heterocycles. The average Bonchev–Trinajstić information content (AvgIpc) is 2.44. The van der Waals surface area contributed by atoms with Crippen LogP contribution in [0.4, 0.5) is 0 Å². The molecule has 0 amide bonds. The van der Waals surface area contributed by atoms with Crippen molar-refractivity contribution in [2.75, 3.05) is 32.7 Å². The molecule has 0 radical (unpaired) electrons. The monoisotopic (exact) mass is 258 g/mol. The molecular formula is C17H26N2. The Morgan fingerprint density at radius 3 is 2.68 bits per heavy atom. The van der Waals surface area contributed by atoms with Gasteiger partial charge < -0.3 is 10.2 Å². The minimum atomic E-state index is 0.790. The van der Waals surface area contributed by atoms with Crippen LogP contribution in [0.15, 0.2) is 24.3 Å². The summed E-state index contributed by atoms with van der Waals surface area (Å²) in [5, 5.41) is 3.46. The van der Waals surface area contributed by atoms with Crippen LogP contribution in [0, 0.1) is 5.92 Å². The lowest BCUT2D eigenvalue weighted by Gasteiger charge is -2.36. The molecule has 2 aliphatic rings. The number of rotatable bonds is 5. The minimum absolute atomic E-state index is 0.790. The van der Waals surface area contributed by atoms with E-state index in [1.807, 2.05) is 0 Å². The van der Waals surface area contributed by atoms with Crippen LogP contribution in [0.25, 0.3) is 0 Å². The highest BCUT2D eigenvalue weighted by Gasteiger charge is 2.27. The van der Waals surface area contributed by atoms with Gasteiger partial charge >= 0.3 is 0 Å². The summed E-state index contributed by atoms with van der Waals surface area (Å²) >= 11 is 0. The van der Waals surface area contributed by atoms with Gasteiger partial charge in [-0.1, -0.05) is 31.2 Å². The van der Waals surface area contributed by atoms with E-state index in [0.29, 0.717) is 0 Å². The van der Waals surface area contributed by atoms with E-state index >= 15 is 0 Å². The highest BCUT2D eigenvalue weighted by Crippen LogP contribution is 2.35. The van der Waals surface area contributed by atoms with Crippen molar-refractivity contribution in [3.63, 3.8) is 0 Å². The SMILES string of the molecule is CCN(CC1CCNCC1)CC1Cc2ccccc21. The maximum atomic E-state index is 3.46. The molecule has 1 N–H and O–H groups in total. The number of hydrogen-bond donors (Lipinski definition) is 1. The molecule has 1 atom stereocenters. The van der Waals surface area contributed by atoms with Gasteiger partial charge in [0.25, 0.3) is 0 Å². The van der Waals surface area contributed by atoms with Gasteiger partial charge in [-0.2, -0.15) is 0 Å². The smallest absolute Gasteiger partial charge is 0.00536 e. The fraction of sp³-hybridized carbons (Fsp3) is 0.647. The lowest BCUT2D eigenvalue weighted by atomic mass is 9.77. The van der Waals surface area contributed by atoms with Gasteiger partial charge in [-0.25, -0.2) is 0 Å². The molecule has 0 bridgehead atoms. The molecule has 19 heavy (non-hydrogen) atoms. The van der Waals surface area contributed by atoms with E-state index in [1.165, 1.54) is 52.0 Å². The number of nitrogens with one attached hydrogen (secondary N) is 1. The van der Waals surface area contributed by atoms with Crippen molar-refractivity contribution in [3.05, 3.63) is 35.4 Å². The normalized spacial score (nSPS) is 23.2. The van der Waals surface area contributed by atoms with Crippen LogP contribution >= 0.6 is 0 Å². The lowest BCUT2D eigenvalue weighted by Crippen LogP contribution is -2.39. The number of piperidine rings is 1. The summed E-state index contributed by atoms with van der Waals surface area (Å²) in [6.45, 7) is 8.51. The predicted molar refractivity (Wildman–Crippen MR) is 80.6 cm³/mol. The van der Waals surface area contributed by atoms with Crippen LogP contribution in [-0.2, 0) is 6.42 Å². The number of nitrogens with zero attached hydrogens (tertiary/aromatic N) is 1. The van der Waals surface area contributed by atoms with Crippen molar-refractivity contribution in [1.29, 1.82) is 0 Å². The van der Waals surface area contributed by atoms with Crippen LogP contribution in [0.2, 0.25) is 0 Å². The zero-order chi connectivity index (χ0) is 13.1. The average molecular weight is 258 g/mol. The topological polar surface area (TPSA) is 15.3 Å². The third-order valence-corrected chi connectivity index (χ3v) is 4.86. The van der Waals surface area contributed by atoms with Crippen molar-refractivity contribution < 1.29 is 0 Å². The highest BCUT2D eigenvalue weighted by molar-refractivity contribution is 5.40. The summed E-state index contributed by atoms with van der Waals surface area (Å²) in [6, 6.07) is 8.96. The Morgan fingerprint density at radius 1 is 1.16 bits per heavy atom. The molecule has 3 rings (SSSR count).